The lowest BCUT2D eigenvalue weighted by atomic mass is 10.2. The van der Waals surface area contributed by atoms with Crippen molar-refractivity contribution in [3.05, 3.63) is 48.3 Å². The number of hydrogen-bond donors (Lipinski definition) is 2. The molecule has 0 unspecified atom stereocenters. The number of carbonyl (C=O) groups is 2. The quantitative estimate of drug-likeness (QED) is 0.349. The van der Waals surface area contributed by atoms with E-state index in [4.69, 9.17) is 16.3 Å². The van der Waals surface area contributed by atoms with Crippen LogP contribution in [0.4, 0.5) is 11.4 Å². The number of fused-ring (bicyclic) bond motifs is 1. The van der Waals surface area contributed by atoms with Crippen molar-refractivity contribution in [3.8, 4) is 10.4 Å². The molecule has 0 aliphatic carbocycles. The number of amides is 2. The largest absolute Gasteiger partial charge is 0.383 e. The minimum absolute atomic E-state index is 0.192. The van der Waals surface area contributed by atoms with Gasteiger partial charge in [0.15, 0.2) is 0 Å². The van der Waals surface area contributed by atoms with Gasteiger partial charge >= 0.3 is 0 Å². The number of anilines is 2. The fourth-order valence-corrected chi connectivity index (χ4v) is 4.30. The molecule has 0 bridgehead atoms. The van der Waals surface area contributed by atoms with E-state index in [1.54, 1.807) is 30.8 Å². The maximum absolute atomic E-state index is 13.0. The number of rotatable bonds is 9. The number of pyridine rings is 1. The Kier molecular flexibility index (Phi) is 7.02. The Morgan fingerprint density at radius 1 is 1.18 bits per heavy atom. The summed E-state index contributed by atoms with van der Waals surface area (Å²) in [5.74, 6) is -0.311. The van der Waals surface area contributed by atoms with Gasteiger partial charge in [-0.15, -0.1) is 22.9 Å². The number of thiazole rings is 1. The number of methoxy groups -OCH3 is 1. The SMILES string of the molecule is COCCn1cc(-c2cn3ncc(C(=O)Nc4cc(NC(=O)CCCl)cnc4C)c3s2)cn1. The lowest BCUT2D eigenvalue weighted by Gasteiger charge is -2.10. The number of aryl methyl sites for hydroxylation is 1. The summed E-state index contributed by atoms with van der Waals surface area (Å²) in [5.41, 5.74) is 2.98. The molecule has 33 heavy (non-hydrogen) atoms. The van der Waals surface area contributed by atoms with Crippen molar-refractivity contribution >= 4 is 51.0 Å². The molecule has 0 aliphatic heterocycles. The van der Waals surface area contributed by atoms with Gasteiger partial charge in [0.1, 0.15) is 4.83 Å². The van der Waals surface area contributed by atoms with E-state index in [1.807, 2.05) is 17.1 Å². The average molecular weight is 488 g/mol. The molecule has 4 heterocycles. The average Bonchev–Trinajstić information content (AvgIpc) is 3.50. The first-order chi connectivity index (χ1) is 16.0. The summed E-state index contributed by atoms with van der Waals surface area (Å²) in [6.07, 6.45) is 8.84. The molecule has 0 radical (unpaired) electrons. The Bertz CT molecular complexity index is 1300. The Balaban J connectivity index is 1.53. The van der Waals surface area contributed by atoms with E-state index < -0.39 is 0 Å². The summed E-state index contributed by atoms with van der Waals surface area (Å²) < 4.78 is 8.57. The number of alkyl halides is 1. The molecule has 4 aromatic rings. The van der Waals surface area contributed by atoms with Crippen molar-refractivity contribution < 1.29 is 14.3 Å². The molecular formula is C21H22ClN7O3S. The molecular weight excluding hydrogens is 466 g/mol. The van der Waals surface area contributed by atoms with Gasteiger partial charge in [-0.05, 0) is 13.0 Å². The van der Waals surface area contributed by atoms with E-state index in [9.17, 15) is 9.59 Å². The van der Waals surface area contributed by atoms with Crippen LogP contribution in [0.5, 0.6) is 0 Å². The van der Waals surface area contributed by atoms with Crippen molar-refractivity contribution in [3.63, 3.8) is 0 Å². The number of halogens is 1. The molecule has 12 heteroatoms. The summed E-state index contributed by atoms with van der Waals surface area (Å²) in [6, 6.07) is 1.67. The summed E-state index contributed by atoms with van der Waals surface area (Å²) in [6.45, 7) is 3.01. The predicted octanol–water partition coefficient (Wildman–Crippen LogP) is 3.43. The van der Waals surface area contributed by atoms with Crippen LogP contribution in [-0.4, -0.2) is 55.8 Å². The highest BCUT2D eigenvalue weighted by Crippen LogP contribution is 2.30. The van der Waals surface area contributed by atoms with Crippen LogP contribution in [0.25, 0.3) is 15.3 Å². The summed E-state index contributed by atoms with van der Waals surface area (Å²) in [5, 5.41) is 14.2. The molecule has 0 spiro atoms. The van der Waals surface area contributed by atoms with Crippen LogP contribution in [0.2, 0.25) is 0 Å². The van der Waals surface area contributed by atoms with Crippen LogP contribution in [0.3, 0.4) is 0 Å². The van der Waals surface area contributed by atoms with Gasteiger partial charge in [-0.3, -0.25) is 19.3 Å². The third-order valence-electron chi connectivity index (χ3n) is 4.82. The number of nitrogens with zero attached hydrogens (tertiary/aromatic N) is 5. The normalized spacial score (nSPS) is 11.1. The van der Waals surface area contributed by atoms with Gasteiger partial charge < -0.3 is 15.4 Å². The van der Waals surface area contributed by atoms with Gasteiger partial charge in [0.25, 0.3) is 5.91 Å². The van der Waals surface area contributed by atoms with Crippen molar-refractivity contribution in [2.45, 2.75) is 19.9 Å². The maximum atomic E-state index is 13.0. The number of hydrogen-bond acceptors (Lipinski definition) is 7. The molecule has 4 rings (SSSR count). The van der Waals surface area contributed by atoms with E-state index in [0.29, 0.717) is 40.6 Å². The zero-order valence-electron chi connectivity index (χ0n) is 18.0. The number of nitrogens with one attached hydrogen (secondary N) is 2. The van der Waals surface area contributed by atoms with Crippen LogP contribution in [0, 0.1) is 6.92 Å². The summed E-state index contributed by atoms with van der Waals surface area (Å²) in [4.78, 5) is 30.7. The van der Waals surface area contributed by atoms with Crippen LogP contribution in [-0.2, 0) is 16.1 Å². The van der Waals surface area contributed by atoms with Crippen LogP contribution in [0.15, 0.2) is 37.1 Å². The second-order valence-corrected chi connectivity index (χ2v) is 8.60. The van der Waals surface area contributed by atoms with Crippen molar-refractivity contribution in [2.24, 2.45) is 0 Å². The van der Waals surface area contributed by atoms with Crippen molar-refractivity contribution in [1.29, 1.82) is 0 Å². The molecule has 0 fully saturated rings. The van der Waals surface area contributed by atoms with Gasteiger partial charge in [-0.1, -0.05) is 0 Å². The smallest absolute Gasteiger partial charge is 0.260 e. The molecule has 2 N–H and O–H groups in total. The molecule has 0 aromatic carbocycles. The number of carbonyl (C=O) groups excluding carboxylic acids is 2. The zero-order chi connectivity index (χ0) is 23.4. The van der Waals surface area contributed by atoms with E-state index in [2.05, 4.69) is 25.8 Å². The van der Waals surface area contributed by atoms with E-state index in [-0.39, 0.29) is 24.1 Å². The minimum atomic E-state index is -0.316. The molecule has 0 aliphatic rings. The topological polar surface area (TPSA) is 115 Å². The van der Waals surface area contributed by atoms with Gasteiger partial charge in [-0.2, -0.15) is 10.2 Å². The van der Waals surface area contributed by atoms with Gasteiger partial charge in [0.2, 0.25) is 5.91 Å². The van der Waals surface area contributed by atoms with Gasteiger partial charge in [-0.25, -0.2) is 4.52 Å². The molecule has 4 aromatic heterocycles. The monoisotopic (exact) mass is 487 g/mol. The lowest BCUT2D eigenvalue weighted by molar-refractivity contribution is -0.115. The minimum Gasteiger partial charge on any atom is -0.383 e. The standard InChI is InChI=1S/C21H22ClN7O3S/c1-13-17(7-15(9-23-13)26-19(30)3-4-22)27-20(31)16-10-25-29-12-18(33-21(16)29)14-8-24-28(11-14)5-6-32-2/h7-12H,3-6H2,1-2H3,(H,26,30)(H,27,31). The first-order valence-electron chi connectivity index (χ1n) is 10.1. The Labute approximate surface area is 198 Å². The molecule has 10 nitrogen and oxygen atoms in total. The zero-order valence-corrected chi connectivity index (χ0v) is 19.6. The Morgan fingerprint density at radius 2 is 2.03 bits per heavy atom. The molecule has 0 atom stereocenters. The second-order valence-electron chi connectivity index (χ2n) is 7.19. The Morgan fingerprint density at radius 3 is 2.82 bits per heavy atom. The number of aromatic nitrogens is 5. The first kappa shape index (κ1) is 22.9. The fraction of sp³-hybridized carbons (Fsp3) is 0.286. The highest BCUT2D eigenvalue weighted by molar-refractivity contribution is 7.21. The van der Waals surface area contributed by atoms with Gasteiger partial charge in [0, 0.05) is 37.4 Å². The van der Waals surface area contributed by atoms with Crippen molar-refractivity contribution in [1.82, 2.24) is 24.4 Å². The third-order valence-corrected chi connectivity index (χ3v) is 6.17. The highest BCUT2D eigenvalue weighted by atomic mass is 35.5. The summed E-state index contributed by atoms with van der Waals surface area (Å²) >= 11 is 7.06. The second kappa shape index (κ2) is 10.1. The van der Waals surface area contributed by atoms with Gasteiger partial charge in [0.05, 0.1) is 59.3 Å². The molecule has 172 valence electrons. The molecule has 0 saturated heterocycles. The van der Waals surface area contributed by atoms with E-state index >= 15 is 0 Å². The van der Waals surface area contributed by atoms with E-state index in [0.717, 1.165) is 10.4 Å². The maximum Gasteiger partial charge on any atom is 0.260 e. The van der Waals surface area contributed by atoms with Crippen molar-refractivity contribution in [2.75, 3.05) is 30.2 Å². The lowest BCUT2D eigenvalue weighted by Crippen LogP contribution is -2.15. The summed E-state index contributed by atoms with van der Waals surface area (Å²) in [7, 11) is 1.65. The highest BCUT2D eigenvalue weighted by Gasteiger charge is 2.18. The molecule has 0 saturated carbocycles. The predicted molar refractivity (Wildman–Crippen MR) is 127 cm³/mol. The number of ether oxygens (including phenoxy) is 1. The van der Waals surface area contributed by atoms with E-state index in [1.165, 1.54) is 23.7 Å². The first-order valence-corrected chi connectivity index (χ1v) is 11.5. The molecule has 2 amide bonds. The van der Waals surface area contributed by atoms with Crippen LogP contribution in [0.1, 0.15) is 22.5 Å². The van der Waals surface area contributed by atoms with Crippen LogP contribution < -0.4 is 10.6 Å². The third kappa shape index (κ3) is 5.21. The fourth-order valence-electron chi connectivity index (χ4n) is 3.10. The Hall–Kier alpha value is -3.28. The van der Waals surface area contributed by atoms with Crippen LogP contribution >= 0.6 is 22.9 Å².